The van der Waals surface area contributed by atoms with Crippen LogP contribution in [-0.2, 0) is 9.59 Å². The summed E-state index contributed by atoms with van der Waals surface area (Å²) in [6.07, 6.45) is 1.43. The van der Waals surface area contributed by atoms with Crippen LogP contribution in [-0.4, -0.2) is 41.0 Å². The van der Waals surface area contributed by atoms with E-state index in [4.69, 9.17) is 5.11 Å². The van der Waals surface area contributed by atoms with Crippen LogP contribution < -0.4 is 5.32 Å². The minimum atomic E-state index is -0.851. The molecule has 1 amide bonds. The average molecular weight is 298 g/mol. The molecule has 2 aromatic carbocycles. The van der Waals surface area contributed by atoms with E-state index in [0.717, 1.165) is 22.9 Å². The van der Waals surface area contributed by atoms with Crippen molar-refractivity contribution in [2.75, 3.05) is 18.4 Å². The molecule has 0 bridgehead atoms. The molecule has 22 heavy (non-hydrogen) atoms. The third kappa shape index (κ3) is 2.94. The van der Waals surface area contributed by atoms with Gasteiger partial charge in [0.1, 0.15) is 6.04 Å². The highest BCUT2D eigenvalue weighted by molar-refractivity contribution is 6.02. The molecule has 2 aromatic rings. The summed E-state index contributed by atoms with van der Waals surface area (Å²) < 4.78 is 0. The van der Waals surface area contributed by atoms with Crippen molar-refractivity contribution in [2.45, 2.75) is 18.9 Å². The summed E-state index contributed by atoms with van der Waals surface area (Å²) in [6, 6.07) is 13.0. The van der Waals surface area contributed by atoms with E-state index in [-0.39, 0.29) is 12.5 Å². The molecule has 0 spiro atoms. The normalized spacial score (nSPS) is 18.5. The fourth-order valence-corrected chi connectivity index (χ4v) is 3.00. The van der Waals surface area contributed by atoms with Gasteiger partial charge >= 0.3 is 5.97 Å². The highest BCUT2D eigenvalue weighted by Crippen LogP contribution is 2.23. The number of nitrogens with zero attached hydrogens (tertiary/aromatic N) is 1. The summed E-state index contributed by atoms with van der Waals surface area (Å²) in [5.41, 5.74) is 0.758. The van der Waals surface area contributed by atoms with Crippen molar-refractivity contribution in [1.82, 2.24) is 4.90 Å². The van der Waals surface area contributed by atoms with Gasteiger partial charge in [0, 0.05) is 11.1 Å². The number of nitrogens with one attached hydrogen (secondary N) is 1. The van der Waals surface area contributed by atoms with Crippen LogP contribution in [0.1, 0.15) is 12.8 Å². The van der Waals surface area contributed by atoms with Crippen LogP contribution in [0.25, 0.3) is 10.8 Å². The zero-order valence-corrected chi connectivity index (χ0v) is 12.2. The fourth-order valence-electron chi connectivity index (χ4n) is 3.00. The molecule has 1 atom stereocenters. The summed E-state index contributed by atoms with van der Waals surface area (Å²) in [7, 11) is 0. The minimum absolute atomic E-state index is 0.111. The molecule has 2 N–H and O–H groups in total. The monoisotopic (exact) mass is 298 g/mol. The van der Waals surface area contributed by atoms with E-state index in [0.29, 0.717) is 13.0 Å². The Hall–Kier alpha value is -2.40. The number of amides is 1. The first-order valence-corrected chi connectivity index (χ1v) is 7.39. The van der Waals surface area contributed by atoms with Gasteiger partial charge in [-0.25, -0.2) is 0 Å². The quantitative estimate of drug-likeness (QED) is 0.909. The van der Waals surface area contributed by atoms with Crippen LogP contribution >= 0.6 is 0 Å². The molecule has 0 aliphatic carbocycles. The second-order valence-corrected chi connectivity index (χ2v) is 5.54. The van der Waals surface area contributed by atoms with Gasteiger partial charge in [-0.1, -0.05) is 36.4 Å². The zero-order chi connectivity index (χ0) is 15.5. The number of benzene rings is 2. The van der Waals surface area contributed by atoms with Gasteiger partial charge in [-0.3, -0.25) is 14.5 Å². The molecule has 1 fully saturated rings. The maximum atomic E-state index is 12.2. The van der Waals surface area contributed by atoms with Crippen LogP contribution in [0.15, 0.2) is 42.5 Å². The first kappa shape index (κ1) is 14.5. The van der Waals surface area contributed by atoms with Crippen molar-refractivity contribution in [3.8, 4) is 0 Å². The number of carboxylic acids is 1. The number of rotatable bonds is 4. The predicted molar refractivity (Wildman–Crippen MR) is 84.8 cm³/mol. The van der Waals surface area contributed by atoms with E-state index >= 15 is 0 Å². The average Bonchev–Trinajstić information content (AvgIpc) is 2.96. The second-order valence-electron chi connectivity index (χ2n) is 5.54. The van der Waals surface area contributed by atoms with Gasteiger partial charge < -0.3 is 10.4 Å². The summed E-state index contributed by atoms with van der Waals surface area (Å²) in [5, 5.41) is 14.1. The lowest BCUT2D eigenvalue weighted by Gasteiger charge is -2.20. The zero-order valence-electron chi connectivity index (χ0n) is 12.2. The molecule has 1 aliphatic heterocycles. The SMILES string of the molecule is O=C(CN1CCC[C@@H]1C(=O)O)Nc1cccc2ccccc12. The van der Waals surface area contributed by atoms with E-state index in [9.17, 15) is 9.59 Å². The summed E-state index contributed by atoms with van der Waals surface area (Å²) in [5.74, 6) is -1.03. The largest absolute Gasteiger partial charge is 0.480 e. The Morgan fingerprint density at radius 2 is 1.95 bits per heavy atom. The van der Waals surface area contributed by atoms with Crippen LogP contribution in [0.3, 0.4) is 0 Å². The van der Waals surface area contributed by atoms with Gasteiger partial charge in [0.15, 0.2) is 0 Å². The van der Waals surface area contributed by atoms with Crippen molar-refractivity contribution in [3.05, 3.63) is 42.5 Å². The van der Waals surface area contributed by atoms with E-state index in [1.165, 1.54) is 0 Å². The molecule has 5 nitrogen and oxygen atoms in total. The van der Waals surface area contributed by atoms with Gasteiger partial charge in [0.25, 0.3) is 0 Å². The first-order valence-electron chi connectivity index (χ1n) is 7.39. The van der Waals surface area contributed by atoms with Gasteiger partial charge in [0.2, 0.25) is 5.91 Å². The van der Waals surface area contributed by atoms with E-state index in [2.05, 4.69) is 5.32 Å². The topological polar surface area (TPSA) is 69.6 Å². The van der Waals surface area contributed by atoms with Crippen LogP contribution in [0.5, 0.6) is 0 Å². The summed E-state index contributed by atoms with van der Waals surface area (Å²) in [6.45, 7) is 0.764. The molecule has 1 aliphatic rings. The Morgan fingerprint density at radius 1 is 1.18 bits per heavy atom. The number of carbonyl (C=O) groups is 2. The lowest BCUT2D eigenvalue weighted by molar-refractivity contribution is -0.142. The standard InChI is InChI=1S/C17H18N2O3/c20-16(11-19-10-4-9-15(19)17(21)22)18-14-8-3-6-12-5-1-2-7-13(12)14/h1-3,5-8,15H,4,9-11H2,(H,18,20)(H,21,22)/t15-/m1/s1. The third-order valence-corrected chi connectivity index (χ3v) is 4.06. The Balaban J connectivity index is 1.72. The molecule has 114 valence electrons. The molecule has 3 rings (SSSR count). The second kappa shape index (κ2) is 6.15. The number of carboxylic acid groups (broad SMARTS) is 1. The smallest absolute Gasteiger partial charge is 0.320 e. The van der Waals surface area contributed by atoms with Crippen LogP contribution in [0.2, 0.25) is 0 Å². The van der Waals surface area contributed by atoms with Crippen molar-refractivity contribution in [3.63, 3.8) is 0 Å². The van der Waals surface area contributed by atoms with Gasteiger partial charge in [-0.15, -0.1) is 0 Å². The fraction of sp³-hybridized carbons (Fsp3) is 0.294. The third-order valence-electron chi connectivity index (χ3n) is 4.06. The molecule has 0 aromatic heterocycles. The Kier molecular flexibility index (Phi) is 4.06. The molecule has 1 heterocycles. The van der Waals surface area contributed by atoms with Gasteiger partial charge in [0.05, 0.1) is 6.54 Å². The molecule has 1 saturated heterocycles. The number of hydrogen-bond acceptors (Lipinski definition) is 3. The Morgan fingerprint density at radius 3 is 2.77 bits per heavy atom. The Labute approximate surface area is 128 Å². The van der Waals surface area contributed by atoms with E-state index in [1.807, 2.05) is 42.5 Å². The van der Waals surface area contributed by atoms with Crippen molar-refractivity contribution < 1.29 is 14.7 Å². The molecule has 0 saturated carbocycles. The van der Waals surface area contributed by atoms with Crippen molar-refractivity contribution >= 4 is 28.3 Å². The lowest BCUT2D eigenvalue weighted by Crippen LogP contribution is -2.40. The predicted octanol–water partition coefficient (Wildman–Crippen LogP) is 2.33. The van der Waals surface area contributed by atoms with Gasteiger partial charge in [-0.05, 0) is 30.8 Å². The number of fused-ring (bicyclic) bond motifs is 1. The molecule has 0 radical (unpaired) electrons. The van der Waals surface area contributed by atoms with Gasteiger partial charge in [-0.2, -0.15) is 0 Å². The highest BCUT2D eigenvalue weighted by Gasteiger charge is 2.31. The lowest BCUT2D eigenvalue weighted by atomic mass is 10.1. The molecule has 0 unspecified atom stereocenters. The van der Waals surface area contributed by atoms with Crippen molar-refractivity contribution in [1.29, 1.82) is 0 Å². The molecular formula is C17H18N2O3. The van der Waals surface area contributed by atoms with E-state index < -0.39 is 12.0 Å². The molecular weight excluding hydrogens is 280 g/mol. The number of hydrogen-bond donors (Lipinski definition) is 2. The number of likely N-dealkylation sites (tertiary alicyclic amines) is 1. The molecule has 5 heteroatoms. The maximum absolute atomic E-state index is 12.2. The number of aliphatic carboxylic acids is 1. The highest BCUT2D eigenvalue weighted by atomic mass is 16.4. The summed E-state index contributed by atoms with van der Waals surface area (Å²) >= 11 is 0. The summed E-state index contributed by atoms with van der Waals surface area (Å²) in [4.78, 5) is 25.1. The van der Waals surface area contributed by atoms with E-state index in [1.54, 1.807) is 4.90 Å². The number of anilines is 1. The van der Waals surface area contributed by atoms with Crippen LogP contribution in [0.4, 0.5) is 5.69 Å². The number of carbonyl (C=O) groups excluding carboxylic acids is 1. The van der Waals surface area contributed by atoms with Crippen molar-refractivity contribution in [2.24, 2.45) is 0 Å². The maximum Gasteiger partial charge on any atom is 0.320 e. The first-order chi connectivity index (χ1) is 10.6. The Bertz CT molecular complexity index is 709. The minimum Gasteiger partial charge on any atom is -0.480 e. The van der Waals surface area contributed by atoms with Crippen LogP contribution in [0, 0.1) is 0 Å².